The van der Waals surface area contributed by atoms with Gasteiger partial charge in [-0.25, -0.2) is 9.67 Å². The van der Waals surface area contributed by atoms with E-state index in [0.29, 0.717) is 28.2 Å². The minimum atomic E-state index is -4.74. The molecule has 7 heteroatoms. The molecule has 0 spiro atoms. The van der Waals surface area contributed by atoms with Gasteiger partial charge in [0.15, 0.2) is 0 Å². The van der Waals surface area contributed by atoms with E-state index < -0.39 is 23.0 Å². The van der Waals surface area contributed by atoms with Gasteiger partial charge in [-0.3, -0.25) is 9.89 Å². The van der Waals surface area contributed by atoms with Crippen LogP contribution in [0.5, 0.6) is 0 Å². The second kappa shape index (κ2) is 7.53. The maximum atomic E-state index is 13.9. The lowest BCUT2D eigenvalue weighted by Crippen LogP contribution is -2.16. The van der Waals surface area contributed by atoms with Crippen molar-refractivity contribution < 1.29 is 13.2 Å². The van der Waals surface area contributed by atoms with Gasteiger partial charge in [-0.2, -0.15) is 13.2 Å². The molecule has 2 heterocycles. The Labute approximate surface area is 181 Å². The van der Waals surface area contributed by atoms with Gasteiger partial charge in [0, 0.05) is 16.7 Å². The number of aromatic nitrogens is 2. The van der Waals surface area contributed by atoms with Gasteiger partial charge in [0.1, 0.15) is 5.69 Å². The van der Waals surface area contributed by atoms with Gasteiger partial charge in [0.25, 0.3) is 5.56 Å². The molecule has 4 nitrogen and oxygen atoms in total. The third-order valence-electron chi connectivity index (χ3n) is 5.24. The topological polar surface area (TPSA) is 50.1 Å². The van der Waals surface area contributed by atoms with Crippen LogP contribution in [0.1, 0.15) is 22.4 Å². The summed E-state index contributed by atoms with van der Waals surface area (Å²) >= 11 is 0. The summed E-state index contributed by atoms with van der Waals surface area (Å²) in [6.45, 7) is 0. The molecule has 0 saturated heterocycles. The fraction of sp³-hybridized carbons (Fsp3) is 0.0400. The minimum absolute atomic E-state index is 0.316. The number of alkyl halides is 3. The molecule has 0 saturated carbocycles. The van der Waals surface area contributed by atoms with Gasteiger partial charge in [0.05, 0.1) is 22.6 Å². The molecule has 0 bridgehead atoms. The number of hydrogen-bond donors (Lipinski definition) is 1. The third kappa shape index (κ3) is 3.37. The zero-order valence-corrected chi connectivity index (χ0v) is 16.6. The molecule has 0 radical (unpaired) electrons. The summed E-state index contributed by atoms with van der Waals surface area (Å²) in [4.78, 5) is 17.8. The lowest BCUT2D eigenvalue weighted by molar-refractivity contribution is -0.141. The van der Waals surface area contributed by atoms with Crippen LogP contribution in [-0.4, -0.2) is 15.5 Å². The molecule has 1 N–H and O–H groups in total. The van der Waals surface area contributed by atoms with E-state index in [9.17, 15) is 18.0 Å². The highest BCUT2D eigenvalue weighted by Gasteiger charge is 2.38. The summed E-state index contributed by atoms with van der Waals surface area (Å²) in [5.41, 5.74) is 1.02. The van der Waals surface area contributed by atoms with E-state index in [4.69, 9.17) is 0 Å². The Bertz CT molecular complexity index is 1410. The average Bonchev–Trinajstić information content (AvgIpc) is 3.34. The molecule has 1 aliphatic rings. The van der Waals surface area contributed by atoms with Crippen molar-refractivity contribution in [1.29, 1.82) is 0 Å². The van der Waals surface area contributed by atoms with Gasteiger partial charge >= 0.3 is 6.18 Å². The summed E-state index contributed by atoms with van der Waals surface area (Å²) in [5.74, 6) is 0. The number of nitrogens with zero attached hydrogens (tertiary/aromatic N) is 2. The number of H-pyrrole nitrogens is 1. The third-order valence-corrected chi connectivity index (χ3v) is 5.24. The zero-order chi connectivity index (χ0) is 22.3. The minimum Gasteiger partial charge on any atom is -0.286 e. The Morgan fingerprint density at radius 1 is 0.844 bits per heavy atom. The van der Waals surface area contributed by atoms with Crippen molar-refractivity contribution in [2.24, 2.45) is 4.99 Å². The van der Waals surface area contributed by atoms with E-state index in [1.807, 2.05) is 36.4 Å². The van der Waals surface area contributed by atoms with Crippen LogP contribution in [0.2, 0.25) is 0 Å². The second-order valence-corrected chi connectivity index (χ2v) is 7.28. The highest BCUT2D eigenvalue weighted by Crippen LogP contribution is 2.39. The lowest BCUT2D eigenvalue weighted by Gasteiger charge is -2.07. The highest BCUT2D eigenvalue weighted by molar-refractivity contribution is 6.38. The first kappa shape index (κ1) is 19.8. The van der Waals surface area contributed by atoms with Crippen molar-refractivity contribution in [2.75, 3.05) is 0 Å². The Morgan fingerprint density at radius 2 is 1.47 bits per heavy atom. The highest BCUT2D eigenvalue weighted by atomic mass is 19.4. The largest absolute Gasteiger partial charge is 0.433 e. The molecule has 0 fully saturated rings. The van der Waals surface area contributed by atoms with Crippen LogP contribution in [0.25, 0.3) is 17.3 Å². The smallest absolute Gasteiger partial charge is 0.286 e. The summed E-state index contributed by atoms with van der Waals surface area (Å²) in [7, 11) is 0. The normalized spacial score (nSPS) is 14.5. The van der Waals surface area contributed by atoms with Crippen LogP contribution in [0.4, 0.5) is 18.9 Å². The number of nitrogens with one attached hydrogen (secondary N) is 1. The molecule has 5 rings (SSSR count). The summed E-state index contributed by atoms with van der Waals surface area (Å²) in [6, 6.07) is 24.5. The molecule has 0 amide bonds. The van der Waals surface area contributed by atoms with Crippen LogP contribution in [0.3, 0.4) is 0 Å². The van der Waals surface area contributed by atoms with Gasteiger partial charge in [-0.1, -0.05) is 66.7 Å². The predicted molar refractivity (Wildman–Crippen MR) is 118 cm³/mol. The van der Waals surface area contributed by atoms with Crippen LogP contribution in [-0.2, 0) is 6.18 Å². The Kier molecular flexibility index (Phi) is 4.66. The predicted octanol–water partition coefficient (Wildman–Crippen LogP) is 5.86. The van der Waals surface area contributed by atoms with Crippen molar-refractivity contribution in [3.05, 3.63) is 118 Å². The van der Waals surface area contributed by atoms with E-state index in [0.717, 1.165) is 10.2 Å². The maximum absolute atomic E-state index is 13.9. The number of para-hydroxylation sites is 2. The van der Waals surface area contributed by atoms with Crippen LogP contribution >= 0.6 is 0 Å². The lowest BCUT2D eigenvalue weighted by atomic mass is 9.96. The number of halogens is 3. The van der Waals surface area contributed by atoms with Crippen molar-refractivity contribution in [1.82, 2.24) is 9.78 Å². The van der Waals surface area contributed by atoms with Crippen molar-refractivity contribution in [2.45, 2.75) is 6.18 Å². The standard InChI is InChI=1S/C25H16F3N3O/c26-25(27,28)23-20(24(32)31(30-23)17-11-5-2-6-12-17)15-19-18-13-7-8-14-21(18)29-22(19)16-9-3-1-4-10-16/h1-15,30H. The number of hydrogen-bond acceptors (Lipinski definition) is 2. The zero-order valence-electron chi connectivity index (χ0n) is 16.6. The fourth-order valence-electron chi connectivity index (χ4n) is 3.77. The molecule has 158 valence electrons. The van der Waals surface area contributed by atoms with Gasteiger partial charge in [-0.15, -0.1) is 0 Å². The van der Waals surface area contributed by atoms with Crippen molar-refractivity contribution >= 4 is 23.0 Å². The Balaban J connectivity index is 1.76. The summed E-state index contributed by atoms with van der Waals surface area (Å²) < 4.78 is 42.6. The number of allylic oxidation sites excluding steroid dienone is 1. The van der Waals surface area contributed by atoms with Crippen molar-refractivity contribution in [3.63, 3.8) is 0 Å². The first-order chi connectivity index (χ1) is 15.4. The van der Waals surface area contributed by atoms with Gasteiger partial charge in [0.2, 0.25) is 0 Å². The van der Waals surface area contributed by atoms with Crippen LogP contribution in [0, 0.1) is 0 Å². The molecule has 4 aromatic rings. The van der Waals surface area contributed by atoms with E-state index in [1.54, 1.807) is 48.5 Å². The molecule has 32 heavy (non-hydrogen) atoms. The molecule has 0 unspecified atom stereocenters. The van der Waals surface area contributed by atoms with E-state index in [-0.39, 0.29) is 0 Å². The van der Waals surface area contributed by atoms with Gasteiger partial charge < -0.3 is 0 Å². The van der Waals surface area contributed by atoms with Crippen LogP contribution < -0.4 is 5.56 Å². The maximum Gasteiger partial charge on any atom is 0.433 e. The monoisotopic (exact) mass is 431 g/mol. The Morgan fingerprint density at radius 3 is 2.16 bits per heavy atom. The van der Waals surface area contributed by atoms with E-state index in [2.05, 4.69) is 10.1 Å². The molecular weight excluding hydrogens is 415 g/mol. The Hall–Kier alpha value is -4.13. The number of aliphatic imine (C=N–C) groups is 1. The molecule has 0 atom stereocenters. The molecule has 3 aromatic carbocycles. The second-order valence-electron chi connectivity index (χ2n) is 7.28. The first-order valence-corrected chi connectivity index (χ1v) is 9.87. The molecule has 1 aromatic heterocycles. The average molecular weight is 431 g/mol. The van der Waals surface area contributed by atoms with E-state index in [1.165, 1.54) is 6.08 Å². The number of rotatable bonds is 3. The summed E-state index contributed by atoms with van der Waals surface area (Å²) in [5, 5.41) is 2.25. The van der Waals surface area contributed by atoms with Crippen molar-refractivity contribution in [3.8, 4) is 5.69 Å². The quantitative estimate of drug-likeness (QED) is 0.434. The van der Waals surface area contributed by atoms with Crippen LogP contribution in [0.15, 0.2) is 94.7 Å². The molecular formula is C25H16F3N3O. The van der Waals surface area contributed by atoms with Gasteiger partial charge in [-0.05, 0) is 24.3 Å². The number of aromatic amines is 1. The first-order valence-electron chi connectivity index (χ1n) is 9.87. The van der Waals surface area contributed by atoms with E-state index >= 15 is 0 Å². The molecule has 1 aliphatic heterocycles. The summed E-state index contributed by atoms with van der Waals surface area (Å²) in [6.07, 6.45) is -3.45. The number of fused-ring (bicyclic) bond motifs is 1. The molecule has 0 aliphatic carbocycles. The SMILES string of the molecule is O=c1c(C=C2C(c3ccccc3)=Nc3ccccc32)c(C(F)(F)F)[nH]n1-c1ccccc1. The number of benzene rings is 3. The fourth-order valence-corrected chi connectivity index (χ4v) is 3.77.